The standard InChI is InChI=1S/C52H69N3O12S/c1-10-54-43-34-44-40(33-39(43)36(2)35-51(54,6)7)37(31-46(66-44)50(3,4)5)15-14-16-45-52(8,22-24-63-27-28-65-30-29-64-26-25-62-9)41-32-38(68(59,60)61)18-19-42(41)53(45)23-13-11-12-17-49(58)67-55-47(56)20-21-48(55)57/h14-16,18-21,31-35H,10-13,17,22-30H2,1-9H3,(H2-,56,57,59,60,61)/p+1. The SMILES string of the molecule is CCN1c2cc3c(cc2C(C)=CC1(C)C)C(=CC=CC1=[N+](CCCCCC(=O)On2c(O)ccc2O)c2ccc(S(=O)(=O)O)cc2C1(C)CCOCCOCCOCCOC)C=C(C(C)(C)C)O3. The minimum absolute atomic E-state index is 0.0526. The third-order valence-corrected chi connectivity index (χ3v) is 13.5. The second-order valence-corrected chi connectivity index (χ2v) is 20.6. The quantitative estimate of drug-likeness (QED) is 0.0467. The largest absolute Gasteiger partial charge is 0.492 e. The first-order chi connectivity index (χ1) is 32.2. The fourth-order valence-electron chi connectivity index (χ4n) is 9.12. The van der Waals surface area contributed by atoms with E-state index in [0.717, 1.165) is 57.4 Å². The van der Waals surface area contributed by atoms with Crippen molar-refractivity contribution in [1.29, 1.82) is 0 Å². The van der Waals surface area contributed by atoms with Gasteiger partial charge in [-0.3, -0.25) is 4.55 Å². The Labute approximate surface area is 401 Å². The van der Waals surface area contributed by atoms with Crippen LogP contribution >= 0.6 is 0 Å². The highest BCUT2D eigenvalue weighted by Crippen LogP contribution is 2.48. The monoisotopic (exact) mass is 960 g/mol. The van der Waals surface area contributed by atoms with Gasteiger partial charge in [0.05, 0.1) is 55.5 Å². The number of allylic oxidation sites excluding steroid dienone is 7. The maximum absolute atomic E-state index is 12.6. The molecule has 0 saturated heterocycles. The highest BCUT2D eigenvalue weighted by atomic mass is 32.2. The Morgan fingerprint density at radius 3 is 2.18 bits per heavy atom. The summed E-state index contributed by atoms with van der Waals surface area (Å²) in [6.45, 7) is 21.5. The number of aromatic nitrogens is 1. The third kappa shape index (κ3) is 12.1. The highest BCUT2D eigenvalue weighted by Gasteiger charge is 2.48. The molecule has 15 nitrogen and oxygen atoms in total. The van der Waals surface area contributed by atoms with Crippen LogP contribution in [0.15, 0.2) is 83.5 Å². The molecule has 0 saturated carbocycles. The average molecular weight is 961 g/mol. The Bertz CT molecular complexity index is 2560. The second-order valence-electron chi connectivity index (χ2n) is 19.2. The van der Waals surface area contributed by atoms with Gasteiger partial charge in [-0.25, -0.2) is 4.79 Å². The number of benzene rings is 2. The molecule has 0 amide bonds. The molecule has 3 aliphatic heterocycles. The summed E-state index contributed by atoms with van der Waals surface area (Å²) in [4.78, 5) is 20.0. The highest BCUT2D eigenvalue weighted by molar-refractivity contribution is 7.85. The lowest BCUT2D eigenvalue weighted by atomic mass is 9.76. The van der Waals surface area contributed by atoms with Gasteiger partial charge in [-0.05, 0) is 89.3 Å². The van der Waals surface area contributed by atoms with E-state index in [4.69, 9.17) is 28.5 Å². The Morgan fingerprint density at radius 2 is 1.54 bits per heavy atom. The van der Waals surface area contributed by atoms with Gasteiger partial charge in [0, 0.05) is 91.2 Å². The first-order valence-corrected chi connectivity index (χ1v) is 24.9. The summed E-state index contributed by atoms with van der Waals surface area (Å²) < 4.78 is 67.3. The van der Waals surface area contributed by atoms with E-state index < -0.39 is 21.5 Å². The number of methoxy groups -OCH3 is 1. The predicted molar refractivity (Wildman–Crippen MR) is 263 cm³/mol. The van der Waals surface area contributed by atoms with Gasteiger partial charge in [0.2, 0.25) is 17.4 Å². The number of carbonyl (C=O) groups excluding carboxylic acids is 1. The van der Waals surface area contributed by atoms with Gasteiger partial charge >= 0.3 is 5.97 Å². The zero-order valence-corrected chi connectivity index (χ0v) is 41.9. The van der Waals surface area contributed by atoms with Gasteiger partial charge in [0.15, 0.2) is 5.71 Å². The molecule has 0 spiro atoms. The summed E-state index contributed by atoms with van der Waals surface area (Å²) in [5.41, 5.74) is 6.63. The molecule has 6 rings (SSSR count). The molecule has 1 unspecified atom stereocenters. The van der Waals surface area contributed by atoms with E-state index in [9.17, 15) is 28.0 Å². The minimum atomic E-state index is -4.53. The summed E-state index contributed by atoms with van der Waals surface area (Å²) >= 11 is 0. The number of rotatable bonds is 23. The van der Waals surface area contributed by atoms with Gasteiger partial charge in [0.25, 0.3) is 10.1 Å². The van der Waals surface area contributed by atoms with E-state index >= 15 is 0 Å². The van der Waals surface area contributed by atoms with E-state index in [1.807, 2.05) is 6.08 Å². The Balaban J connectivity index is 1.33. The normalized spacial score (nSPS) is 18.4. The molecule has 16 heteroatoms. The van der Waals surface area contributed by atoms with E-state index in [0.29, 0.717) is 83.2 Å². The van der Waals surface area contributed by atoms with Crippen LogP contribution in [0.4, 0.5) is 11.4 Å². The number of likely N-dealkylation sites (N-methyl/N-ethyl adjacent to an activating group) is 1. The van der Waals surface area contributed by atoms with Crippen molar-refractivity contribution in [2.45, 2.75) is 103 Å². The van der Waals surface area contributed by atoms with Crippen molar-refractivity contribution in [2.24, 2.45) is 5.41 Å². The summed E-state index contributed by atoms with van der Waals surface area (Å²) in [5, 5.41) is 19.8. The number of unbranched alkanes of at least 4 members (excludes halogenated alkanes) is 2. The second kappa shape index (κ2) is 22.0. The lowest BCUT2D eigenvalue weighted by molar-refractivity contribution is -0.438. The maximum Gasteiger partial charge on any atom is 0.333 e. The first-order valence-electron chi connectivity index (χ1n) is 23.4. The van der Waals surface area contributed by atoms with Crippen LogP contribution in [0.3, 0.4) is 0 Å². The molecule has 4 heterocycles. The molecule has 0 aliphatic carbocycles. The number of hydrogen-bond donors (Lipinski definition) is 3. The van der Waals surface area contributed by atoms with E-state index in [-0.39, 0.29) is 34.0 Å². The molecular weight excluding hydrogens is 891 g/mol. The molecule has 1 aromatic heterocycles. The maximum atomic E-state index is 12.6. The summed E-state index contributed by atoms with van der Waals surface area (Å²) in [6.07, 6.45) is 12.9. The van der Waals surface area contributed by atoms with Gasteiger partial charge < -0.3 is 43.6 Å². The van der Waals surface area contributed by atoms with E-state index in [2.05, 4.69) is 101 Å². The number of ether oxygens (including phenoxy) is 5. The summed E-state index contributed by atoms with van der Waals surface area (Å²) in [5.74, 6) is 0.239. The molecule has 0 fully saturated rings. The molecule has 0 radical (unpaired) electrons. The zero-order chi connectivity index (χ0) is 49.4. The van der Waals surface area contributed by atoms with Gasteiger partial charge in [-0.1, -0.05) is 39.0 Å². The number of fused-ring (bicyclic) bond motifs is 3. The first kappa shape index (κ1) is 52.1. The average Bonchev–Trinajstić information content (AvgIpc) is 3.70. The van der Waals surface area contributed by atoms with Gasteiger partial charge in [-0.2, -0.15) is 13.0 Å². The van der Waals surface area contributed by atoms with E-state index in [1.54, 1.807) is 19.2 Å². The number of carbonyl (C=O) groups is 1. The van der Waals surface area contributed by atoms with Crippen molar-refractivity contribution in [3.8, 4) is 17.5 Å². The van der Waals surface area contributed by atoms with Crippen molar-refractivity contribution < 1.29 is 61.1 Å². The van der Waals surface area contributed by atoms with Crippen LogP contribution in [-0.4, -0.2) is 116 Å². The molecule has 3 aliphatic rings. The van der Waals surface area contributed by atoms with Crippen LogP contribution in [0.25, 0.3) is 11.1 Å². The molecule has 1 atom stereocenters. The van der Waals surface area contributed by atoms with Crippen molar-refractivity contribution in [3.05, 3.63) is 95.3 Å². The molecule has 0 bridgehead atoms. The van der Waals surface area contributed by atoms with Crippen molar-refractivity contribution in [3.63, 3.8) is 0 Å². The Morgan fingerprint density at radius 1 is 0.882 bits per heavy atom. The Hall–Kier alpha value is -5.23. The number of anilines is 1. The third-order valence-electron chi connectivity index (χ3n) is 12.7. The van der Waals surface area contributed by atoms with E-state index in [1.165, 1.54) is 23.8 Å². The van der Waals surface area contributed by atoms with Gasteiger partial charge in [-0.15, -0.1) is 4.73 Å². The van der Waals surface area contributed by atoms with Crippen LogP contribution in [0, 0.1) is 5.41 Å². The summed E-state index contributed by atoms with van der Waals surface area (Å²) in [6, 6.07) is 11.6. The number of aromatic hydroxyl groups is 2. The predicted octanol–water partition coefficient (Wildman–Crippen LogP) is 8.79. The number of nitrogens with zero attached hydrogens (tertiary/aromatic N) is 3. The molecule has 370 valence electrons. The van der Waals surface area contributed by atoms with Gasteiger partial charge in [0.1, 0.15) is 18.1 Å². The van der Waals surface area contributed by atoms with Crippen LogP contribution in [0.1, 0.15) is 104 Å². The molecular formula is C52H70N3O12S+. The van der Waals surface area contributed by atoms with Crippen LogP contribution in [0.5, 0.6) is 17.5 Å². The smallest absolute Gasteiger partial charge is 0.333 e. The summed E-state index contributed by atoms with van der Waals surface area (Å²) in [7, 11) is -2.91. The van der Waals surface area contributed by atoms with Crippen LogP contribution in [-0.2, 0) is 39.3 Å². The molecule has 2 aromatic carbocycles. The lowest BCUT2D eigenvalue weighted by Gasteiger charge is -2.43. The van der Waals surface area contributed by atoms with Crippen molar-refractivity contribution in [1.82, 2.24) is 4.73 Å². The fourth-order valence-corrected chi connectivity index (χ4v) is 9.63. The van der Waals surface area contributed by atoms with Crippen molar-refractivity contribution in [2.75, 3.05) is 71.3 Å². The number of hydrogen-bond acceptors (Lipinski definition) is 12. The molecule has 3 N–H and O–H groups in total. The minimum Gasteiger partial charge on any atom is -0.492 e. The molecule has 3 aromatic rings. The molecule has 68 heavy (non-hydrogen) atoms. The fraction of sp³-hybridized carbons (Fsp3) is 0.500. The lowest BCUT2D eigenvalue weighted by Crippen LogP contribution is -2.45. The topological polar surface area (TPSA) is 178 Å². The zero-order valence-electron chi connectivity index (χ0n) is 41.1. The Kier molecular flexibility index (Phi) is 16.9. The van der Waals surface area contributed by atoms with Crippen LogP contribution in [0.2, 0.25) is 0 Å². The van der Waals surface area contributed by atoms with Crippen molar-refractivity contribution >= 4 is 44.3 Å². The van der Waals surface area contributed by atoms with Crippen LogP contribution < -0.4 is 14.5 Å².